The van der Waals surface area contributed by atoms with Crippen molar-refractivity contribution in [3.8, 4) is 0 Å². The van der Waals surface area contributed by atoms with Crippen LogP contribution in [0.4, 0.5) is 11.4 Å². The van der Waals surface area contributed by atoms with Gasteiger partial charge in [-0.3, -0.25) is 10.1 Å². The number of non-ortho nitro benzene ring substituents is 1. The number of nitro benzene ring substituents is 1. The lowest BCUT2D eigenvalue weighted by Gasteiger charge is -2.07. The van der Waals surface area contributed by atoms with Crippen LogP contribution in [-0.2, 0) is 6.54 Å². The molecule has 2 rings (SSSR count). The van der Waals surface area contributed by atoms with Gasteiger partial charge in [0.05, 0.1) is 11.5 Å². The number of anilines is 1. The number of thiazole rings is 1. The summed E-state index contributed by atoms with van der Waals surface area (Å²) in [7, 11) is 0. The van der Waals surface area contributed by atoms with Crippen molar-refractivity contribution < 1.29 is 4.92 Å². The van der Waals surface area contributed by atoms with Crippen LogP contribution in [0.5, 0.6) is 0 Å². The quantitative estimate of drug-likeness (QED) is 0.687. The first-order valence-electron chi connectivity index (χ1n) is 5.15. The summed E-state index contributed by atoms with van der Waals surface area (Å²) in [6.07, 6.45) is 1.71. The van der Waals surface area contributed by atoms with Gasteiger partial charge >= 0.3 is 0 Å². The minimum atomic E-state index is -0.403. The Labute approximate surface area is 113 Å². The maximum atomic E-state index is 10.6. The Morgan fingerprint density at radius 3 is 2.89 bits per heavy atom. The molecule has 0 unspecified atom stereocenters. The number of nitrogens with one attached hydrogen (secondary N) is 1. The third kappa shape index (κ3) is 2.96. The molecule has 18 heavy (non-hydrogen) atoms. The Morgan fingerprint density at radius 2 is 2.33 bits per heavy atom. The highest BCUT2D eigenvalue weighted by atomic mass is 35.5. The lowest BCUT2D eigenvalue weighted by atomic mass is 10.2. The molecule has 0 saturated heterocycles. The normalized spacial score (nSPS) is 10.3. The molecular weight excluding hydrogens is 274 g/mol. The maximum absolute atomic E-state index is 10.6. The highest BCUT2D eigenvalue weighted by Gasteiger charge is 2.08. The first-order valence-corrected chi connectivity index (χ1v) is 6.35. The van der Waals surface area contributed by atoms with E-state index in [1.165, 1.54) is 17.4 Å². The summed E-state index contributed by atoms with van der Waals surface area (Å²) < 4.78 is 0.507. The van der Waals surface area contributed by atoms with Gasteiger partial charge < -0.3 is 5.32 Å². The largest absolute Gasteiger partial charge is 0.380 e. The van der Waals surface area contributed by atoms with Gasteiger partial charge in [0.2, 0.25) is 0 Å². The van der Waals surface area contributed by atoms with E-state index in [4.69, 9.17) is 11.6 Å². The van der Waals surface area contributed by atoms with E-state index in [1.54, 1.807) is 18.3 Å². The molecule has 0 fully saturated rings. The number of hydrogen-bond donors (Lipinski definition) is 1. The summed E-state index contributed by atoms with van der Waals surface area (Å²) in [6, 6.07) is 4.73. The first kappa shape index (κ1) is 12.8. The summed E-state index contributed by atoms with van der Waals surface area (Å²) in [5.74, 6) is 0. The van der Waals surface area contributed by atoms with Gasteiger partial charge in [0.15, 0.2) is 4.47 Å². The zero-order chi connectivity index (χ0) is 13.1. The Bertz CT molecular complexity index is 585. The number of aromatic nitrogens is 1. The van der Waals surface area contributed by atoms with Crippen LogP contribution in [-0.4, -0.2) is 9.91 Å². The molecule has 1 aromatic carbocycles. The van der Waals surface area contributed by atoms with Crippen molar-refractivity contribution in [1.29, 1.82) is 0 Å². The molecular formula is C11H10ClN3O2S. The van der Waals surface area contributed by atoms with Gasteiger partial charge in [-0.2, -0.15) is 0 Å². The molecule has 7 heteroatoms. The van der Waals surface area contributed by atoms with Gasteiger partial charge in [-0.15, -0.1) is 11.3 Å². The molecule has 0 amide bonds. The van der Waals surface area contributed by atoms with Crippen molar-refractivity contribution in [2.45, 2.75) is 13.5 Å². The molecule has 1 aromatic heterocycles. The van der Waals surface area contributed by atoms with E-state index in [0.29, 0.717) is 11.0 Å². The third-order valence-electron chi connectivity index (χ3n) is 2.40. The molecule has 0 atom stereocenters. The smallest absolute Gasteiger partial charge is 0.269 e. The van der Waals surface area contributed by atoms with Gasteiger partial charge in [0, 0.05) is 28.9 Å². The summed E-state index contributed by atoms with van der Waals surface area (Å²) in [5.41, 5.74) is 1.80. The van der Waals surface area contributed by atoms with Crippen LogP contribution in [0.3, 0.4) is 0 Å². The second-order valence-electron chi connectivity index (χ2n) is 3.69. The number of benzene rings is 1. The molecule has 5 nitrogen and oxygen atoms in total. The summed E-state index contributed by atoms with van der Waals surface area (Å²) in [4.78, 5) is 15.2. The molecule has 0 aliphatic carbocycles. The van der Waals surface area contributed by atoms with E-state index in [9.17, 15) is 10.1 Å². The molecule has 0 aliphatic rings. The van der Waals surface area contributed by atoms with Crippen LogP contribution in [0, 0.1) is 17.0 Å². The topological polar surface area (TPSA) is 68.1 Å². The fraction of sp³-hybridized carbons (Fsp3) is 0.182. The third-order valence-corrected chi connectivity index (χ3v) is 3.51. The van der Waals surface area contributed by atoms with Gasteiger partial charge in [0.25, 0.3) is 5.69 Å². The van der Waals surface area contributed by atoms with Gasteiger partial charge in [-0.25, -0.2) is 4.98 Å². The lowest BCUT2D eigenvalue weighted by Crippen LogP contribution is -2.00. The summed E-state index contributed by atoms with van der Waals surface area (Å²) in [6.45, 7) is 2.43. The fourth-order valence-corrected chi connectivity index (χ4v) is 2.43. The number of aryl methyl sites for hydroxylation is 1. The fourth-order valence-electron chi connectivity index (χ4n) is 1.51. The lowest BCUT2D eigenvalue weighted by molar-refractivity contribution is -0.384. The SMILES string of the molecule is Cc1cc([N+](=O)[O-])ccc1NCc1cnc(Cl)s1. The van der Waals surface area contributed by atoms with Crippen LogP contribution in [0.15, 0.2) is 24.4 Å². The Kier molecular flexibility index (Phi) is 3.78. The molecule has 0 saturated carbocycles. The molecule has 1 heterocycles. The van der Waals surface area contributed by atoms with Crippen LogP contribution in [0.25, 0.3) is 0 Å². The second kappa shape index (κ2) is 5.32. The molecule has 94 valence electrons. The van der Waals surface area contributed by atoms with Crippen molar-refractivity contribution in [3.05, 3.63) is 49.4 Å². The zero-order valence-corrected chi connectivity index (χ0v) is 11.1. The molecule has 2 aromatic rings. The number of nitro groups is 1. The highest BCUT2D eigenvalue weighted by molar-refractivity contribution is 7.15. The van der Waals surface area contributed by atoms with E-state index >= 15 is 0 Å². The van der Waals surface area contributed by atoms with Crippen LogP contribution < -0.4 is 5.32 Å². The minimum Gasteiger partial charge on any atom is -0.380 e. The van der Waals surface area contributed by atoms with E-state index in [-0.39, 0.29) is 5.69 Å². The predicted molar refractivity (Wildman–Crippen MR) is 72.3 cm³/mol. The van der Waals surface area contributed by atoms with Crippen LogP contribution >= 0.6 is 22.9 Å². The van der Waals surface area contributed by atoms with Crippen molar-refractivity contribution in [1.82, 2.24) is 4.98 Å². The maximum Gasteiger partial charge on any atom is 0.269 e. The number of halogens is 1. The van der Waals surface area contributed by atoms with E-state index in [0.717, 1.165) is 16.1 Å². The standard InChI is InChI=1S/C11H10ClN3O2S/c1-7-4-8(15(16)17)2-3-10(7)13-5-9-6-14-11(12)18-9/h2-4,6,13H,5H2,1H3. The molecule has 1 N–H and O–H groups in total. The highest BCUT2D eigenvalue weighted by Crippen LogP contribution is 2.23. The van der Waals surface area contributed by atoms with Crippen LogP contribution in [0.2, 0.25) is 4.47 Å². The second-order valence-corrected chi connectivity index (χ2v) is 5.39. The summed E-state index contributed by atoms with van der Waals surface area (Å²) >= 11 is 7.14. The zero-order valence-electron chi connectivity index (χ0n) is 9.51. The summed E-state index contributed by atoms with van der Waals surface area (Å²) in [5, 5.41) is 13.8. The number of nitrogens with zero attached hydrogens (tertiary/aromatic N) is 2. The molecule has 0 radical (unpaired) electrons. The molecule has 0 bridgehead atoms. The van der Waals surface area contributed by atoms with E-state index in [1.807, 2.05) is 6.92 Å². The van der Waals surface area contributed by atoms with Gasteiger partial charge in [-0.05, 0) is 18.6 Å². The van der Waals surface area contributed by atoms with E-state index in [2.05, 4.69) is 10.3 Å². The molecule has 0 aliphatic heterocycles. The van der Waals surface area contributed by atoms with Crippen molar-refractivity contribution >= 4 is 34.3 Å². The van der Waals surface area contributed by atoms with Crippen molar-refractivity contribution in [3.63, 3.8) is 0 Å². The van der Waals surface area contributed by atoms with Crippen molar-refractivity contribution in [2.24, 2.45) is 0 Å². The Hall–Kier alpha value is -1.66. The monoisotopic (exact) mass is 283 g/mol. The average Bonchev–Trinajstić information content (AvgIpc) is 2.73. The first-order chi connectivity index (χ1) is 8.56. The van der Waals surface area contributed by atoms with E-state index < -0.39 is 4.92 Å². The van der Waals surface area contributed by atoms with Crippen LogP contribution in [0.1, 0.15) is 10.4 Å². The molecule has 0 spiro atoms. The minimum absolute atomic E-state index is 0.0962. The predicted octanol–water partition coefficient (Wildman–Crippen LogP) is 3.63. The van der Waals surface area contributed by atoms with Crippen molar-refractivity contribution in [2.75, 3.05) is 5.32 Å². The number of rotatable bonds is 4. The van der Waals surface area contributed by atoms with Gasteiger partial charge in [-0.1, -0.05) is 11.6 Å². The van der Waals surface area contributed by atoms with Gasteiger partial charge in [0.1, 0.15) is 0 Å². The Balaban J connectivity index is 2.08. The Morgan fingerprint density at radius 1 is 1.56 bits per heavy atom. The average molecular weight is 284 g/mol. The number of hydrogen-bond acceptors (Lipinski definition) is 5.